The van der Waals surface area contributed by atoms with Gasteiger partial charge in [-0.05, 0) is 20.3 Å². The highest BCUT2D eigenvalue weighted by molar-refractivity contribution is 7.90. The molecule has 0 bridgehead atoms. The zero-order valence-corrected chi connectivity index (χ0v) is 9.30. The van der Waals surface area contributed by atoms with Gasteiger partial charge in [-0.1, -0.05) is 13.3 Å². The highest BCUT2D eigenvalue weighted by atomic mass is 35.5. The van der Waals surface area contributed by atoms with E-state index in [4.69, 9.17) is 11.6 Å². The van der Waals surface area contributed by atoms with Crippen molar-refractivity contribution in [1.82, 2.24) is 4.72 Å². The predicted molar refractivity (Wildman–Crippen MR) is 51.8 cm³/mol. The summed E-state index contributed by atoms with van der Waals surface area (Å²) >= 11 is 5.25. The molecule has 12 heavy (non-hydrogen) atoms. The molecule has 0 radical (unpaired) electrons. The molecule has 0 atom stereocenters. The summed E-state index contributed by atoms with van der Waals surface area (Å²) in [7, 11) is -3.28. The summed E-state index contributed by atoms with van der Waals surface area (Å²) in [5.74, 6) is 0. The first-order chi connectivity index (χ1) is 5.33. The Morgan fingerprint density at radius 1 is 1.42 bits per heavy atom. The van der Waals surface area contributed by atoms with Gasteiger partial charge in [0.2, 0.25) is 10.0 Å². The van der Waals surface area contributed by atoms with E-state index in [2.05, 4.69) is 4.72 Å². The van der Waals surface area contributed by atoms with Gasteiger partial charge < -0.3 is 0 Å². The SMILES string of the molecule is CCCC(C)(C)NS(=O)(=O)CCl. The molecule has 0 saturated heterocycles. The van der Waals surface area contributed by atoms with Crippen molar-refractivity contribution in [2.45, 2.75) is 39.2 Å². The molecule has 0 aliphatic rings. The van der Waals surface area contributed by atoms with Crippen molar-refractivity contribution in [3.05, 3.63) is 0 Å². The summed E-state index contributed by atoms with van der Waals surface area (Å²) in [6.07, 6.45) is 1.75. The third-order valence-electron chi connectivity index (χ3n) is 1.45. The average Bonchev–Trinajstić information content (AvgIpc) is 1.85. The van der Waals surface area contributed by atoms with Gasteiger partial charge in [0.05, 0.1) is 0 Å². The molecule has 0 unspecified atom stereocenters. The van der Waals surface area contributed by atoms with Crippen molar-refractivity contribution in [3.8, 4) is 0 Å². The molecule has 0 spiro atoms. The molecule has 5 heteroatoms. The van der Waals surface area contributed by atoms with Gasteiger partial charge in [-0.2, -0.15) is 0 Å². The summed E-state index contributed by atoms with van der Waals surface area (Å²) in [5, 5.41) is -0.375. The molecule has 0 rings (SSSR count). The monoisotopic (exact) mass is 213 g/mol. The molecular formula is C7H16ClNO2S. The van der Waals surface area contributed by atoms with Gasteiger partial charge in [0.15, 0.2) is 0 Å². The van der Waals surface area contributed by atoms with E-state index in [-0.39, 0.29) is 10.8 Å². The van der Waals surface area contributed by atoms with Gasteiger partial charge in [-0.25, -0.2) is 13.1 Å². The highest BCUT2D eigenvalue weighted by Crippen LogP contribution is 2.12. The van der Waals surface area contributed by atoms with Crippen molar-refractivity contribution in [2.75, 3.05) is 5.21 Å². The molecule has 0 fully saturated rings. The zero-order chi connectivity index (χ0) is 9.83. The number of nitrogens with one attached hydrogen (secondary N) is 1. The Balaban J connectivity index is 4.24. The summed E-state index contributed by atoms with van der Waals surface area (Å²) < 4.78 is 24.6. The van der Waals surface area contributed by atoms with E-state index in [1.165, 1.54) is 0 Å². The van der Waals surface area contributed by atoms with Crippen LogP contribution in [0.25, 0.3) is 0 Å². The van der Waals surface area contributed by atoms with Crippen LogP contribution in [0.15, 0.2) is 0 Å². The number of halogens is 1. The Kier molecular flexibility index (Phi) is 4.51. The van der Waals surface area contributed by atoms with Crippen LogP contribution in [0, 0.1) is 0 Å². The second-order valence-electron chi connectivity index (χ2n) is 3.46. The van der Waals surface area contributed by atoms with Crippen LogP contribution in [0.4, 0.5) is 0 Å². The lowest BCUT2D eigenvalue weighted by molar-refractivity contribution is 0.419. The van der Waals surface area contributed by atoms with Crippen LogP contribution in [0.5, 0.6) is 0 Å². The molecule has 0 saturated carbocycles. The van der Waals surface area contributed by atoms with E-state index in [9.17, 15) is 8.42 Å². The van der Waals surface area contributed by atoms with Gasteiger partial charge in [0.1, 0.15) is 5.21 Å². The number of sulfonamides is 1. The molecule has 0 aliphatic heterocycles. The van der Waals surface area contributed by atoms with Crippen LogP contribution in [-0.2, 0) is 10.0 Å². The largest absolute Gasteiger partial charge is 0.226 e. The van der Waals surface area contributed by atoms with Crippen molar-refractivity contribution < 1.29 is 8.42 Å². The first kappa shape index (κ1) is 12.2. The van der Waals surface area contributed by atoms with Crippen molar-refractivity contribution in [2.24, 2.45) is 0 Å². The van der Waals surface area contributed by atoms with Crippen LogP contribution >= 0.6 is 11.6 Å². The normalized spacial score (nSPS) is 13.3. The standard InChI is InChI=1S/C7H16ClNO2S/c1-4-5-7(2,3)9-12(10,11)6-8/h9H,4-6H2,1-3H3. The third-order valence-corrected chi connectivity index (χ3v) is 3.46. The van der Waals surface area contributed by atoms with E-state index in [0.717, 1.165) is 12.8 Å². The molecule has 3 nitrogen and oxygen atoms in total. The maximum atomic E-state index is 11.0. The van der Waals surface area contributed by atoms with Crippen LogP contribution in [0.3, 0.4) is 0 Å². The van der Waals surface area contributed by atoms with Gasteiger partial charge >= 0.3 is 0 Å². The molecule has 1 N–H and O–H groups in total. The molecule has 0 heterocycles. The van der Waals surface area contributed by atoms with Gasteiger partial charge in [-0.3, -0.25) is 0 Å². The molecule has 0 aromatic carbocycles. The lowest BCUT2D eigenvalue weighted by Gasteiger charge is -2.24. The van der Waals surface area contributed by atoms with E-state index in [0.29, 0.717) is 0 Å². The molecule has 0 aliphatic carbocycles. The summed E-state index contributed by atoms with van der Waals surface area (Å²) in [6, 6.07) is 0. The van der Waals surface area contributed by atoms with E-state index in [1.54, 1.807) is 0 Å². The van der Waals surface area contributed by atoms with Gasteiger partial charge in [-0.15, -0.1) is 11.6 Å². The predicted octanol–water partition coefficient (Wildman–Crippen LogP) is 1.68. The van der Waals surface area contributed by atoms with E-state index in [1.807, 2.05) is 20.8 Å². The van der Waals surface area contributed by atoms with E-state index < -0.39 is 10.0 Å². The molecule has 0 amide bonds. The maximum Gasteiger partial charge on any atom is 0.226 e. The zero-order valence-electron chi connectivity index (χ0n) is 7.72. The first-order valence-electron chi connectivity index (χ1n) is 3.90. The topological polar surface area (TPSA) is 46.2 Å². The molecule has 0 aromatic heterocycles. The van der Waals surface area contributed by atoms with Gasteiger partial charge in [0.25, 0.3) is 0 Å². The van der Waals surface area contributed by atoms with E-state index >= 15 is 0 Å². The fourth-order valence-corrected chi connectivity index (χ4v) is 2.29. The Hall–Kier alpha value is 0.200. The van der Waals surface area contributed by atoms with Gasteiger partial charge in [0, 0.05) is 5.54 Å². The number of hydrogen-bond acceptors (Lipinski definition) is 2. The lowest BCUT2D eigenvalue weighted by Crippen LogP contribution is -2.43. The summed E-state index contributed by atoms with van der Waals surface area (Å²) in [5.41, 5.74) is -0.386. The number of hydrogen-bond donors (Lipinski definition) is 1. The highest BCUT2D eigenvalue weighted by Gasteiger charge is 2.22. The Bertz CT molecular complexity index is 224. The fraction of sp³-hybridized carbons (Fsp3) is 1.00. The Labute approximate surface area is 79.5 Å². The first-order valence-corrected chi connectivity index (χ1v) is 6.09. The Morgan fingerprint density at radius 2 is 1.92 bits per heavy atom. The third kappa shape index (κ3) is 4.95. The van der Waals surface area contributed by atoms with Crippen LogP contribution < -0.4 is 4.72 Å². The average molecular weight is 214 g/mol. The summed E-state index contributed by atoms with van der Waals surface area (Å²) in [4.78, 5) is 0. The lowest BCUT2D eigenvalue weighted by atomic mass is 10.0. The Morgan fingerprint density at radius 3 is 2.25 bits per heavy atom. The van der Waals surface area contributed by atoms with Crippen LogP contribution in [0.2, 0.25) is 0 Å². The second kappa shape index (κ2) is 4.44. The van der Waals surface area contributed by atoms with Crippen LogP contribution in [-0.4, -0.2) is 19.2 Å². The minimum atomic E-state index is -3.28. The molecular weight excluding hydrogens is 198 g/mol. The number of alkyl halides is 1. The van der Waals surface area contributed by atoms with Crippen molar-refractivity contribution in [1.29, 1.82) is 0 Å². The molecule has 74 valence electrons. The van der Waals surface area contributed by atoms with Crippen LogP contribution in [0.1, 0.15) is 33.6 Å². The second-order valence-corrected chi connectivity index (χ2v) is 5.77. The smallest absolute Gasteiger partial charge is 0.211 e. The molecule has 0 aromatic rings. The quantitative estimate of drug-likeness (QED) is 0.707. The van der Waals surface area contributed by atoms with Crippen molar-refractivity contribution >= 4 is 21.6 Å². The fourth-order valence-electron chi connectivity index (χ4n) is 1.12. The number of rotatable bonds is 5. The van der Waals surface area contributed by atoms with Crippen molar-refractivity contribution in [3.63, 3.8) is 0 Å². The minimum Gasteiger partial charge on any atom is -0.211 e. The maximum absolute atomic E-state index is 11.0. The minimum absolute atomic E-state index is 0.375. The summed E-state index contributed by atoms with van der Waals surface area (Å²) in [6.45, 7) is 5.71.